The Bertz CT molecular complexity index is 496. The topological polar surface area (TPSA) is 18.5 Å². The molecule has 2 rings (SSSR count). The van der Waals surface area contributed by atoms with E-state index in [4.69, 9.17) is 8.85 Å². The third kappa shape index (κ3) is 3.32. The Balaban J connectivity index is 2.60. The fourth-order valence-corrected chi connectivity index (χ4v) is 5.65. The van der Waals surface area contributed by atoms with E-state index in [2.05, 4.69) is 81.4 Å². The van der Waals surface area contributed by atoms with Crippen LogP contribution >= 0.6 is 0 Å². The van der Waals surface area contributed by atoms with Crippen LogP contribution in [0, 0.1) is 0 Å². The maximum atomic E-state index is 6.16. The first-order chi connectivity index (χ1) is 10.8. The predicted molar refractivity (Wildman–Crippen MR) is 94.4 cm³/mol. The van der Waals surface area contributed by atoms with Gasteiger partial charge in [-0.2, -0.15) is 0 Å². The standard InChI is InChI=1S/C19H26O2Si/c1-4-19(17-13-9-7-10-14-17,18-15-11-8-12-16-18)22(20-5-2)21-6-3/h7-16,22H,4-6H2,1-3H3. The zero-order chi connectivity index (χ0) is 15.8. The Morgan fingerprint density at radius 1 is 0.727 bits per heavy atom. The lowest BCUT2D eigenvalue weighted by Gasteiger charge is -2.39. The van der Waals surface area contributed by atoms with E-state index in [9.17, 15) is 0 Å². The van der Waals surface area contributed by atoms with Crippen molar-refractivity contribution in [1.82, 2.24) is 0 Å². The number of hydrogen-bond acceptors (Lipinski definition) is 2. The third-order valence-corrected chi connectivity index (χ3v) is 7.33. The van der Waals surface area contributed by atoms with E-state index in [1.165, 1.54) is 11.1 Å². The van der Waals surface area contributed by atoms with E-state index in [1.807, 2.05) is 0 Å². The van der Waals surface area contributed by atoms with E-state index >= 15 is 0 Å². The Morgan fingerprint density at radius 2 is 1.14 bits per heavy atom. The summed E-state index contributed by atoms with van der Waals surface area (Å²) in [6, 6.07) is 21.3. The van der Waals surface area contributed by atoms with E-state index in [1.54, 1.807) is 0 Å². The zero-order valence-corrected chi connectivity index (χ0v) is 14.9. The molecular weight excluding hydrogens is 288 g/mol. The largest absolute Gasteiger partial charge is 0.396 e. The van der Waals surface area contributed by atoms with Crippen molar-refractivity contribution in [3.63, 3.8) is 0 Å². The van der Waals surface area contributed by atoms with Crippen LogP contribution in [0.3, 0.4) is 0 Å². The van der Waals surface area contributed by atoms with Gasteiger partial charge in [0.25, 0.3) is 0 Å². The van der Waals surface area contributed by atoms with Crippen molar-refractivity contribution < 1.29 is 8.85 Å². The molecule has 0 radical (unpaired) electrons. The van der Waals surface area contributed by atoms with Crippen LogP contribution in [0.4, 0.5) is 0 Å². The molecule has 0 atom stereocenters. The monoisotopic (exact) mass is 314 g/mol. The van der Waals surface area contributed by atoms with Crippen molar-refractivity contribution in [2.75, 3.05) is 13.2 Å². The maximum absolute atomic E-state index is 6.16. The second-order valence-electron chi connectivity index (χ2n) is 5.30. The lowest BCUT2D eigenvalue weighted by Crippen LogP contribution is -2.48. The van der Waals surface area contributed by atoms with Crippen molar-refractivity contribution in [2.45, 2.75) is 32.2 Å². The molecule has 0 aliphatic heterocycles. The molecule has 3 heteroatoms. The lowest BCUT2D eigenvalue weighted by molar-refractivity contribution is 0.191. The molecule has 0 spiro atoms. The molecule has 0 amide bonds. The summed E-state index contributed by atoms with van der Waals surface area (Å²) in [6.07, 6.45) is 0.970. The predicted octanol–water partition coefficient (Wildman–Crippen LogP) is 4.22. The molecule has 22 heavy (non-hydrogen) atoms. The minimum absolute atomic E-state index is 0.158. The average Bonchev–Trinajstić information content (AvgIpc) is 2.58. The summed E-state index contributed by atoms with van der Waals surface area (Å²) in [6.45, 7) is 7.72. The number of benzene rings is 2. The molecule has 0 unspecified atom stereocenters. The van der Waals surface area contributed by atoms with Crippen molar-refractivity contribution in [2.24, 2.45) is 0 Å². The van der Waals surface area contributed by atoms with Crippen LogP contribution in [0.5, 0.6) is 0 Å². The first-order valence-corrected chi connectivity index (χ1v) is 9.65. The smallest absolute Gasteiger partial charge is 0.336 e. The highest BCUT2D eigenvalue weighted by molar-refractivity contribution is 6.50. The number of hydrogen-bond donors (Lipinski definition) is 0. The molecule has 0 saturated heterocycles. The molecule has 0 bridgehead atoms. The lowest BCUT2D eigenvalue weighted by atomic mass is 9.88. The summed E-state index contributed by atoms with van der Waals surface area (Å²) in [5.41, 5.74) is 2.59. The van der Waals surface area contributed by atoms with Gasteiger partial charge in [0.15, 0.2) is 0 Å². The summed E-state index contributed by atoms with van der Waals surface area (Å²) < 4.78 is 12.3. The zero-order valence-electron chi connectivity index (χ0n) is 13.8. The summed E-state index contributed by atoms with van der Waals surface area (Å²) >= 11 is 0. The molecule has 0 N–H and O–H groups in total. The number of rotatable bonds is 8. The van der Waals surface area contributed by atoms with Gasteiger partial charge in [0.2, 0.25) is 0 Å². The van der Waals surface area contributed by atoms with Crippen LogP contribution in [0.2, 0.25) is 0 Å². The van der Waals surface area contributed by atoms with Crippen molar-refractivity contribution in [3.8, 4) is 0 Å². The van der Waals surface area contributed by atoms with Gasteiger partial charge in [0.1, 0.15) is 0 Å². The van der Waals surface area contributed by atoms with Gasteiger partial charge in [-0.1, -0.05) is 67.6 Å². The van der Waals surface area contributed by atoms with Gasteiger partial charge in [-0.25, -0.2) is 0 Å². The molecule has 2 aromatic rings. The molecule has 0 fully saturated rings. The van der Waals surface area contributed by atoms with Crippen molar-refractivity contribution >= 4 is 9.28 Å². The first-order valence-electron chi connectivity index (χ1n) is 8.13. The Morgan fingerprint density at radius 3 is 1.45 bits per heavy atom. The fraction of sp³-hybridized carbons (Fsp3) is 0.368. The van der Waals surface area contributed by atoms with E-state index < -0.39 is 9.28 Å². The Labute approximate surface area is 135 Å². The van der Waals surface area contributed by atoms with Gasteiger partial charge in [-0.3, -0.25) is 0 Å². The normalized spacial score (nSPS) is 11.8. The first kappa shape index (κ1) is 16.9. The molecule has 0 heterocycles. The fourth-order valence-electron chi connectivity index (χ4n) is 3.12. The molecule has 2 aromatic carbocycles. The van der Waals surface area contributed by atoms with E-state index in [0.717, 1.165) is 6.42 Å². The van der Waals surface area contributed by atoms with Crippen LogP contribution < -0.4 is 0 Å². The third-order valence-electron chi connectivity index (χ3n) is 4.17. The molecule has 0 aliphatic carbocycles. The van der Waals surface area contributed by atoms with Gasteiger partial charge >= 0.3 is 9.28 Å². The molecule has 2 nitrogen and oxygen atoms in total. The highest BCUT2D eigenvalue weighted by atomic mass is 28.3. The quantitative estimate of drug-likeness (QED) is 0.679. The second-order valence-corrected chi connectivity index (χ2v) is 7.62. The summed E-state index contributed by atoms with van der Waals surface area (Å²) in [7, 11) is -1.94. The van der Waals surface area contributed by atoms with Crippen LogP contribution in [-0.2, 0) is 13.9 Å². The van der Waals surface area contributed by atoms with Crippen LogP contribution in [-0.4, -0.2) is 22.5 Å². The summed E-state index contributed by atoms with van der Waals surface area (Å²) in [4.78, 5) is 0. The molecule has 0 aromatic heterocycles. The van der Waals surface area contributed by atoms with Crippen molar-refractivity contribution in [3.05, 3.63) is 71.8 Å². The summed E-state index contributed by atoms with van der Waals surface area (Å²) in [5.74, 6) is 0. The molecular formula is C19H26O2Si. The van der Waals surface area contributed by atoms with E-state index in [-0.39, 0.29) is 5.04 Å². The van der Waals surface area contributed by atoms with Crippen molar-refractivity contribution in [1.29, 1.82) is 0 Å². The average molecular weight is 315 g/mol. The van der Waals surface area contributed by atoms with Gasteiger partial charge in [-0.15, -0.1) is 0 Å². The molecule has 118 valence electrons. The van der Waals surface area contributed by atoms with E-state index in [0.29, 0.717) is 13.2 Å². The van der Waals surface area contributed by atoms with Gasteiger partial charge in [0.05, 0.1) is 5.04 Å². The Kier molecular flexibility index (Phi) is 6.37. The highest BCUT2D eigenvalue weighted by Gasteiger charge is 2.44. The minimum Gasteiger partial charge on any atom is -0.396 e. The molecule has 0 aliphatic rings. The van der Waals surface area contributed by atoms with Crippen LogP contribution in [0.1, 0.15) is 38.3 Å². The van der Waals surface area contributed by atoms with Gasteiger partial charge < -0.3 is 8.85 Å². The SMILES string of the molecule is CCO[SiH](OCC)C(CC)(c1ccccc1)c1ccccc1. The maximum Gasteiger partial charge on any atom is 0.336 e. The van der Waals surface area contributed by atoms with Gasteiger partial charge in [-0.05, 0) is 31.4 Å². The Hall–Kier alpha value is -1.42. The molecule has 0 saturated carbocycles. The minimum atomic E-state index is -1.94. The summed E-state index contributed by atoms with van der Waals surface area (Å²) in [5, 5.41) is -0.158. The van der Waals surface area contributed by atoms with Gasteiger partial charge in [0, 0.05) is 13.2 Å². The van der Waals surface area contributed by atoms with Crippen LogP contribution in [0.15, 0.2) is 60.7 Å². The van der Waals surface area contributed by atoms with Crippen LogP contribution in [0.25, 0.3) is 0 Å². The highest BCUT2D eigenvalue weighted by Crippen LogP contribution is 2.38. The second kappa shape index (κ2) is 8.27.